The largest absolute Gasteiger partial charge is 0.249 e. The number of alkyl halides is 1. The molecule has 0 amide bonds. The summed E-state index contributed by atoms with van der Waals surface area (Å²) in [5, 5.41) is 0. The second-order valence-electron chi connectivity index (χ2n) is 2.03. The highest BCUT2D eigenvalue weighted by Crippen LogP contribution is 2.16. The normalized spacial score (nSPS) is 13.1. The number of aromatic nitrogens is 1. The van der Waals surface area contributed by atoms with Crippen LogP contribution in [0.5, 0.6) is 0 Å². The summed E-state index contributed by atoms with van der Waals surface area (Å²) >= 11 is 3.16. The highest BCUT2D eigenvalue weighted by molar-refractivity contribution is 9.10. The molecule has 0 fully saturated rings. The van der Waals surface area contributed by atoms with Gasteiger partial charge in [0.15, 0.2) is 0 Å². The summed E-state index contributed by atoms with van der Waals surface area (Å²) in [6, 6.07) is 3.44. The van der Waals surface area contributed by atoms with Gasteiger partial charge < -0.3 is 0 Å². The Labute approximate surface area is 67.4 Å². The van der Waals surface area contributed by atoms with E-state index in [2.05, 4.69) is 20.9 Å². The summed E-state index contributed by atoms with van der Waals surface area (Å²) in [4.78, 5) is 3.88. The van der Waals surface area contributed by atoms with E-state index < -0.39 is 6.17 Å². The summed E-state index contributed by atoms with van der Waals surface area (Å²) in [6.45, 7) is 1.49. The molecular formula is C7H7BrFN. The Morgan fingerprint density at radius 1 is 1.60 bits per heavy atom. The molecule has 0 bridgehead atoms. The van der Waals surface area contributed by atoms with E-state index in [0.717, 1.165) is 4.60 Å². The van der Waals surface area contributed by atoms with Crippen LogP contribution in [0.4, 0.5) is 4.39 Å². The lowest BCUT2D eigenvalue weighted by molar-refractivity contribution is 0.373. The van der Waals surface area contributed by atoms with Crippen LogP contribution >= 0.6 is 15.9 Å². The fourth-order valence-corrected chi connectivity index (χ4v) is 0.857. The number of halogens is 2. The van der Waals surface area contributed by atoms with Crippen molar-refractivity contribution in [2.45, 2.75) is 13.1 Å². The van der Waals surface area contributed by atoms with Gasteiger partial charge in [-0.05, 0) is 28.9 Å². The van der Waals surface area contributed by atoms with Crippen LogP contribution in [0.1, 0.15) is 18.7 Å². The summed E-state index contributed by atoms with van der Waals surface area (Å²) in [5.41, 5.74) is 0.614. The molecule has 1 aromatic rings. The third-order valence-electron chi connectivity index (χ3n) is 1.21. The van der Waals surface area contributed by atoms with E-state index in [0.29, 0.717) is 5.56 Å². The zero-order valence-electron chi connectivity index (χ0n) is 5.51. The first-order valence-corrected chi connectivity index (χ1v) is 3.75. The van der Waals surface area contributed by atoms with Gasteiger partial charge in [-0.2, -0.15) is 0 Å². The molecule has 1 atom stereocenters. The standard InChI is InChI=1S/C7H7BrFN/c1-5(9)6-2-3-7(8)10-4-6/h2-5H,1H3. The molecule has 0 radical (unpaired) electrons. The third-order valence-corrected chi connectivity index (χ3v) is 1.68. The quantitative estimate of drug-likeness (QED) is 0.641. The second-order valence-corrected chi connectivity index (χ2v) is 2.84. The Morgan fingerprint density at radius 2 is 2.30 bits per heavy atom. The zero-order chi connectivity index (χ0) is 7.56. The topological polar surface area (TPSA) is 12.9 Å². The molecule has 3 heteroatoms. The van der Waals surface area contributed by atoms with Gasteiger partial charge in [0, 0.05) is 11.8 Å². The van der Waals surface area contributed by atoms with Crippen LogP contribution < -0.4 is 0 Å². The van der Waals surface area contributed by atoms with E-state index in [1.807, 2.05) is 0 Å². The second kappa shape index (κ2) is 3.10. The number of hydrogen-bond acceptors (Lipinski definition) is 1. The van der Waals surface area contributed by atoms with Crippen molar-refractivity contribution < 1.29 is 4.39 Å². The summed E-state index contributed by atoms with van der Waals surface area (Å²) in [6.07, 6.45) is 0.593. The first-order valence-electron chi connectivity index (χ1n) is 2.95. The van der Waals surface area contributed by atoms with Crippen molar-refractivity contribution in [1.82, 2.24) is 4.98 Å². The number of rotatable bonds is 1. The van der Waals surface area contributed by atoms with Crippen molar-refractivity contribution in [2.24, 2.45) is 0 Å². The highest BCUT2D eigenvalue weighted by Gasteiger charge is 2.00. The van der Waals surface area contributed by atoms with E-state index in [-0.39, 0.29) is 0 Å². The van der Waals surface area contributed by atoms with Crippen LogP contribution in [0.25, 0.3) is 0 Å². The fraction of sp³-hybridized carbons (Fsp3) is 0.286. The maximum atomic E-state index is 12.5. The minimum absolute atomic E-state index is 0.614. The van der Waals surface area contributed by atoms with Crippen LogP contribution in [0.3, 0.4) is 0 Å². The molecule has 0 spiro atoms. The van der Waals surface area contributed by atoms with Gasteiger partial charge in [0.1, 0.15) is 10.8 Å². The van der Waals surface area contributed by atoms with Crippen molar-refractivity contribution in [2.75, 3.05) is 0 Å². The van der Waals surface area contributed by atoms with E-state index in [1.54, 1.807) is 12.1 Å². The Bertz CT molecular complexity index is 207. The average Bonchev–Trinajstić information content (AvgIpc) is 1.88. The molecule has 1 unspecified atom stereocenters. The van der Waals surface area contributed by atoms with Gasteiger partial charge in [0.25, 0.3) is 0 Å². The van der Waals surface area contributed by atoms with E-state index in [1.165, 1.54) is 13.1 Å². The smallest absolute Gasteiger partial charge is 0.124 e. The molecular weight excluding hydrogens is 197 g/mol. The highest BCUT2D eigenvalue weighted by atomic mass is 79.9. The molecule has 0 aromatic carbocycles. The Hall–Kier alpha value is -0.440. The van der Waals surface area contributed by atoms with Crippen LogP contribution in [0.2, 0.25) is 0 Å². The van der Waals surface area contributed by atoms with Crippen molar-refractivity contribution in [3.05, 3.63) is 28.5 Å². The number of nitrogens with zero attached hydrogens (tertiary/aromatic N) is 1. The van der Waals surface area contributed by atoms with E-state index in [9.17, 15) is 4.39 Å². The van der Waals surface area contributed by atoms with Gasteiger partial charge in [-0.25, -0.2) is 9.37 Å². The van der Waals surface area contributed by atoms with Crippen molar-refractivity contribution >= 4 is 15.9 Å². The number of pyridine rings is 1. The van der Waals surface area contributed by atoms with Crippen LogP contribution in [0.15, 0.2) is 22.9 Å². The zero-order valence-corrected chi connectivity index (χ0v) is 7.10. The molecule has 0 aliphatic carbocycles. The molecule has 10 heavy (non-hydrogen) atoms. The lowest BCUT2D eigenvalue weighted by atomic mass is 10.2. The van der Waals surface area contributed by atoms with E-state index >= 15 is 0 Å². The SMILES string of the molecule is CC(F)c1ccc(Br)nc1. The third kappa shape index (κ3) is 1.77. The predicted octanol–water partition coefficient (Wildman–Crippen LogP) is 2.87. The van der Waals surface area contributed by atoms with Crippen LogP contribution in [-0.2, 0) is 0 Å². The van der Waals surface area contributed by atoms with Gasteiger partial charge in [-0.1, -0.05) is 6.07 Å². The number of hydrogen-bond donors (Lipinski definition) is 0. The summed E-state index contributed by atoms with van der Waals surface area (Å²) in [5.74, 6) is 0. The van der Waals surface area contributed by atoms with Gasteiger partial charge >= 0.3 is 0 Å². The Balaban J connectivity index is 2.89. The summed E-state index contributed by atoms with van der Waals surface area (Å²) < 4.78 is 13.2. The predicted molar refractivity (Wildman–Crippen MR) is 41.5 cm³/mol. The van der Waals surface area contributed by atoms with E-state index in [4.69, 9.17) is 0 Å². The van der Waals surface area contributed by atoms with Crippen molar-refractivity contribution in [3.63, 3.8) is 0 Å². The molecule has 0 aliphatic heterocycles. The minimum atomic E-state index is -0.930. The van der Waals surface area contributed by atoms with Gasteiger partial charge in [0.05, 0.1) is 0 Å². The molecule has 0 aliphatic rings. The lowest BCUT2D eigenvalue weighted by Crippen LogP contribution is -1.85. The minimum Gasteiger partial charge on any atom is -0.249 e. The van der Waals surface area contributed by atoms with Crippen molar-refractivity contribution in [3.8, 4) is 0 Å². The molecule has 54 valence electrons. The molecule has 1 rings (SSSR count). The summed E-state index contributed by atoms with van der Waals surface area (Å²) in [7, 11) is 0. The fourth-order valence-electron chi connectivity index (χ4n) is 0.623. The van der Waals surface area contributed by atoms with Crippen LogP contribution in [0, 0.1) is 0 Å². The Morgan fingerprint density at radius 3 is 2.70 bits per heavy atom. The van der Waals surface area contributed by atoms with Gasteiger partial charge in [-0.3, -0.25) is 0 Å². The maximum Gasteiger partial charge on any atom is 0.124 e. The van der Waals surface area contributed by atoms with Gasteiger partial charge in [-0.15, -0.1) is 0 Å². The Kier molecular flexibility index (Phi) is 2.38. The van der Waals surface area contributed by atoms with Crippen molar-refractivity contribution in [1.29, 1.82) is 0 Å². The lowest BCUT2D eigenvalue weighted by Gasteiger charge is -1.99. The monoisotopic (exact) mass is 203 g/mol. The molecule has 0 N–H and O–H groups in total. The molecule has 0 saturated carbocycles. The first-order chi connectivity index (χ1) is 4.70. The molecule has 0 saturated heterocycles. The maximum absolute atomic E-state index is 12.5. The van der Waals surface area contributed by atoms with Gasteiger partial charge in [0.2, 0.25) is 0 Å². The van der Waals surface area contributed by atoms with Crippen LogP contribution in [-0.4, -0.2) is 4.98 Å². The molecule has 1 aromatic heterocycles. The first kappa shape index (κ1) is 7.66. The molecule has 1 nitrogen and oxygen atoms in total. The molecule has 1 heterocycles. The average molecular weight is 204 g/mol.